The minimum absolute atomic E-state index is 0.276. The summed E-state index contributed by atoms with van der Waals surface area (Å²) in [7, 11) is 0. The molecule has 3 N–H and O–H groups in total. The minimum Gasteiger partial charge on any atom is -0.354 e. The van der Waals surface area contributed by atoms with Crippen molar-refractivity contribution in [2.45, 2.75) is 44.8 Å². The predicted molar refractivity (Wildman–Crippen MR) is 58.2 cm³/mol. The molecule has 0 aromatic heterocycles. The van der Waals surface area contributed by atoms with E-state index < -0.39 is 17.6 Å². The van der Waals surface area contributed by atoms with Crippen LogP contribution in [0.15, 0.2) is 0 Å². The number of nitrogens with one attached hydrogen (secondary N) is 1. The van der Waals surface area contributed by atoms with Gasteiger partial charge in [0, 0.05) is 6.54 Å². The van der Waals surface area contributed by atoms with Crippen LogP contribution in [-0.2, 0) is 4.79 Å². The molecule has 1 aliphatic rings. The maximum absolute atomic E-state index is 12.5. The van der Waals surface area contributed by atoms with Crippen molar-refractivity contribution in [1.29, 1.82) is 0 Å². The molecule has 17 heavy (non-hydrogen) atoms. The SMILES string of the molecule is CC1CCC(CNC(=O)C(C)(N)C(F)(F)F)C1. The lowest BCUT2D eigenvalue weighted by atomic mass is 10.0. The Balaban J connectivity index is 2.45. The van der Waals surface area contributed by atoms with E-state index in [0.29, 0.717) is 12.8 Å². The second-order valence-electron chi connectivity index (χ2n) is 5.19. The molecule has 0 aromatic rings. The summed E-state index contributed by atoms with van der Waals surface area (Å²) < 4.78 is 37.4. The van der Waals surface area contributed by atoms with E-state index in [9.17, 15) is 18.0 Å². The molecule has 0 aromatic carbocycles. The molecule has 1 fully saturated rings. The van der Waals surface area contributed by atoms with Gasteiger partial charge in [-0.05, 0) is 31.6 Å². The Hall–Kier alpha value is -0.780. The minimum atomic E-state index is -4.72. The van der Waals surface area contributed by atoms with Crippen LogP contribution in [0.3, 0.4) is 0 Å². The van der Waals surface area contributed by atoms with Gasteiger partial charge in [0.1, 0.15) is 0 Å². The first-order chi connectivity index (χ1) is 7.64. The van der Waals surface area contributed by atoms with Crippen LogP contribution in [0.1, 0.15) is 33.1 Å². The van der Waals surface area contributed by atoms with Crippen molar-refractivity contribution < 1.29 is 18.0 Å². The topological polar surface area (TPSA) is 55.1 Å². The zero-order valence-electron chi connectivity index (χ0n) is 10.1. The summed E-state index contributed by atoms with van der Waals surface area (Å²) in [6.45, 7) is 3.08. The smallest absolute Gasteiger partial charge is 0.354 e. The van der Waals surface area contributed by atoms with Gasteiger partial charge in [-0.15, -0.1) is 0 Å². The largest absolute Gasteiger partial charge is 0.415 e. The van der Waals surface area contributed by atoms with E-state index in [1.165, 1.54) is 0 Å². The molecule has 1 saturated carbocycles. The molecule has 1 rings (SSSR count). The Bertz CT molecular complexity index is 289. The highest BCUT2D eigenvalue weighted by Crippen LogP contribution is 2.31. The van der Waals surface area contributed by atoms with E-state index in [1.807, 2.05) is 0 Å². The fourth-order valence-corrected chi connectivity index (χ4v) is 2.06. The molecule has 100 valence electrons. The molecular formula is C11H19F3N2O. The Morgan fingerprint density at radius 1 is 1.41 bits per heavy atom. The maximum Gasteiger partial charge on any atom is 0.415 e. The Morgan fingerprint density at radius 2 is 2.00 bits per heavy atom. The first-order valence-corrected chi connectivity index (χ1v) is 5.78. The maximum atomic E-state index is 12.5. The lowest BCUT2D eigenvalue weighted by molar-refractivity contribution is -0.187. The van der Waals surface area contributed by atoms with Gasteiger partial charge >= 0.3 is 6.18 Å². The van der Waals surface area contributed by atoms with E-state index in [-0.39, 0.29) is 12.5 Å². The van der Waals surface area contributed by atoms with E-state index in [2.05, 4.69) is 12.2 Å². The number of carbonyl (C=O) groups excluding carboxylic acids is 1. The van der Waals surface area contributed by atoms with Gasteiger partial charge < -0.3 is 11.1 Å². The third-order valence-corrected chi connectivity index (χ3v) is 3.42. The standard InChI is InChI=1S/C11H19F3N2O/c1-7-3-4-8(5-7)6-16-9(17)10(2,15)11(12,13)14/h7-8H,3-6,15H2,1-2H3,(H,16,17). The Labute approximate surface area is 98.9 Å². The van der Waals surface area contributed by atoms with Gasteiger partial charge in [-0.2, -0.15) is 13.2 Å². The van der Waals surface area contributed by atoms with E-state index in [1.54, 1.807) is 0 Å². The number of carbonyl (C=O) groups is 1. The van der Waals surface area contributed by atoms with Crippen LogP contribution in [0.5, 0.6) is 0 Å². The molecule has 3 nitrogen and oxygen atoms in total. The van der Waals surface area contributed by atoms with Crippen LogP contribution < -0.4 is 11.1 Å². The Morgan fingerprint density at radius 3 is 2.41 bits per heavy atom. The molecule has 0 heterocycles. The van der Waals surface area contributed by atoms with Crippen LogP contribution in [-0.4, -0.2) is 24.2 Å². The Kier molecular flexibility index (Phi) is 4.06. The molecule has 0 spiro atoms. The van der Waals surface area contributed by atoms with Crippen LogP contribution >= 0.6 is 0 Å². The molecule has 6 heteroatoms. The first-order valence-electron chi connectivity index (χ1n) is 5.78. The van der Waals surface area contributed by atoms with Crippen molar-refractivity contribution in [2.24, 2.45) is 17.6 Å². The highest BCUT2D eigenvalue weighted by molar-refractivity contribution is 5.86. The molecule has 0 bridgehead atoms. The lowest BCUT2D eigenvalue weighted by Gasteiger charge is -2.26. The zero-order chi connectivity index (χ0) is 13.3. The van der Waals surface area contributed by atoms with Gasteiger partial charge in [0.2, 0.25) is 5.91 Å². The molecule has 3 unspecified atom stereocenters. The zero-order valence-corrected chi connectivity index (χ0v) is 10.1. The van der Waals surface area contributed by atoms with Crippen molar-refractivity contribution in [3.8, 4) is 0 Å². The van der Waals surface area contributed by atoms with Gasteiger partial charge in [0.25, 0.3) is 0 Å². The summed E-state index contributed by atoms with van der Waals surface area (Å²) in [5.41, 5.74) is 2.20. The molecule has 0 saturated heterocycles. The number of halogens is 3. The monoisotopic (exact) mass is 252 g/mol. The van der Waals surface area contributed by atoms with Gasteiger partial charge in [0.05, 0.1) is 0 Å². The number of alkyl halides is 3. The second-order valence-corrected chi connectivity index (χ2v) is 5.19. The molecule has 1 amide bonds. The number of nitrogens with two attached hydrogens (primary N) is 1. The summed E-state index contributed by atoms with van der Waals surface area (Å²) in [5, 5.41) is 2.31. The average molecular weight is 252 g/mol. The molecule has 0 radical (unpaired) electrons. The average Bonchev–Trinajstić information content (AvgIpc) is 2.58. The van der Waals surface area contributed by atoms with E-state index in [4.69, 9.17) is 5.73 Å². The number of hydrogen-bond acceptors (Lipinski definition) is 2. The number of amides is 1. The summed E-state index contributed by atoms with van der Waals surface area (Å²) in [5.74, 6) is -0.286. The van der Waals surface area contributed by atoms with E-state index >= 15 is 0 Å². The van der Waals surface area contributed by atoms with Gasteiger partial charge in [-0.3, -0.25) is 4.79 Å². The molecule has 0 aliphatic heterocycles. The van der Waals surface area contributed by atoms with Crippen molar-refractivity contribution >= 4 is 5.91 Å². The molecule has 1 aliphatic carbocycles. The van der Waals surface area contributed by atoms with Crippen molar-refractivity contribution in [1.82, 2.24) is 5.32 Å². The fourth-order valence-electron chi connectivity index (χ4n) is 2.06. The van der Waals surface area contributed by atoms with Crippen molar-refractivity contribution in [2.75, 3.05) is 6.54 Å². The quantitative estimate of drug-likeness (QED) is 0.805. The summed E-state index contributed by atoms with van der Waals surface area (Å²) >= 11 is 0. The summed E-state index contributed by atoms with van der Waals surface area (Å²) in [4.78, 5) is 11.4. The van der Waals surface area contributed by atoms with Gasteiger partial charge in [0.15, 0.2) is 5.54 Å². The molecular weight excluding hydrogens is 233 g/mol. The summed E-state index contributed by atoms with van der Waals surface area (Å²) in [6.07, 6.45) is -1.75. The second kappa shape index (κ2) is 4.84. The fraction of sp³-hybridized carbons (Fsp3) is 0.909. The van der Waals surface area contributed by atoms with Crippen LogP contribution in [0.4, 0.5) is 13.2 Å². The number of rotatable bonds is 3. The van der Waals surface area contributed by atoms with Crippen LogP contribution in [0, 0.1) is 11.8 Å². The van der Waals surface area contributed by atoms with Crippen molar-refractivity contribution in [3.05, 3.63) is 0 Å². The van der Waals surface area contributed by atoms with Gasteiger partial charge in [-0.25, -0.2) is 0 Å². The predicted octanol–water partition coefficient (Wildman–Crippen LogP) is 1.82. The first kappa shape index (κ1) is 14.3. The lowest BCUT2D eigenvalue weighted by Crippen LogP contribution is -2.61. The highest BCUT2D eigenvalue weighted by atomic mass is 19.4. The van der Waals surface area contributed by atoms with Crippen molar-refractivity contribution in [3.63, 3.8) is 0 Å². The van der Waals surface area contributed by atoms with Crippen LogP contribution in [0.2, 0.25) is 0 Å². The van der Waals surface area contributed by atoms with Crippen LogP contribution in [0.25, 0.3) is 0 Å². The van der Waals surface area contributed by atoms with Gasteiger partial charge in [-0.1, -0.05) is 13.3 Å². The highest BCUT2D eigenvalue weighted by Gasteiger charge is 2.53. The van der Waals surface area contributed by atoms with E-state index in [0.717, 1.165) is 19.3 Å². The third-order valence-electron chi connectivity index (χ3n) is 3.42. The normalized spacial score (nSPS) is 28.8. The summed E-state index contributed by atoms with van der Waals surface area (Å²) in [6, 6.07) is 0. The molecule has 3 atom stereocenters. The third kappa shape index (κ3) is 3.34. The number of hydrogen-bond donors (Lipinski definition) is 2.